The summed E-state index contributed by atoms with van der Waals surface area (Å²) in [4.78, 5) is 13.4. The highest BCUT2D eigenvalue weighted by molar-refractivity contribution is 5.67. The first-order valence-corrected chi connectivity index (χ1v) is 6.96. The number of piperidine rings is 1. The fraction of sp³-hybridized carbons (Fsp3) is 0.929. The third-order valence-electron chi connectivity index (χ3n) is 3.71. The van der Waals surface area contributed by atoms with E-state index in [2.05, 4.69) is 20.8 Å². The van der Waals surface area contributed by atoms with Crippen molar-refractivity contribution in [3.63, 3.8) is 0 Å². The zero-order valence-corrected chi connectivity index (χ0v) is 11.7. The van der Waals surface area contributed by atoms with Gasteiger partial charge in [-0.2, -0.15) is 0 Å². The summed E-state index contributed by atoms with van der Waals surface area (Å²) < 4.78 is 5.03. The maximum atomic E-state index is 11.6. The lowest BCUT2D eigenvalue weighted by molar-refractivity contribution is 0.0834. The molecule has 1 aliphatic rings. The second-order valence-electron chi connectivity index (χ2n) is 5.63. The minimum Gasteiger partial charge on any atom is -0.450 e. The Kier molecular flexibility index (Phi) is 5.79. The number of rotatable bonds is 4. The van der Waals surface area contributed by atoms with Gasteiger partial charge >= 0.3 is 6.09 Å². The Bertz CT molecular complexity index is 232. The highest BCUT2D eigenvalue weighted by Gasteiger charge is 2.26. The topological polar surface area (TPSA) is 29.5 Å². The van der Waals surface area contributed by atoms with E-state index in [1.807, 2.05) is 11.8 Å². The molecule has 3 nitrogen and oxygen atoms in total. The van der Waals surface area contributed by atoms with Crippen LogP contribution in [0.5, 0.6) is 0 Å². The molecule has 0 aliphatic carbocycles. The summed E-state index contributed by atoms with van der Waals surface area (Å²) in [5.74, 6) is 2.33. The van der Waals surface area contributed by atoms with Gasteiger partial charge in [0.2, 0.25) is 0 Å². The summed E-state index contributed by atoms with van der Waals surface area (Å²) in [7, 11) is 0. The highest BCUT2D eigenvalue weighted by atomic mass is 16.6. The van der Waals surface area contributed by atoms with Crippen molar-refractivity contribution in [3.05, 3.63) is 0 Å². The van der Waals surface area contributed by atoms with Crippen LogP contribution in [0.3, 0.4) is 0 Å². The van der Waals surface area contributed by atoms with Gasteiger partial charge in [-0.05, 0) is 43.9 Å². The summed E-state index contributed by atoms with van der Waals surface area (Å²) in [5, 5.41) is 0. The molecule has 1 atom stereocenters. The van der Waals surface area contributed by atoms with Gasteiger partial charge in [0.25, 0.3) is 0 Å². The van der Waals surface area contributed by atoms with Crippen LogP contribution in [0.1, 0.15) is 47.0 Å². The molecule has 1 saturated heterocycles. The van der Waals surface area contributed by atoms with Crippen molar-refractivity contribution in [2.75, 3.05) is 19.7 Å². The van der Waals surface area contributed by atoms with Gasteiger partial charge in [-0.1, -0.05) is 20.8 Å². The Labute approximate surface area is 106 Å². The summed E-state index contributed by atoms with van der Waals surface area (Å²) in [5.41, 5.74) is 0. The molecule has 1 amide bonds. The van der Waals surface area contributed by atoms with Gasteiger partial charge in [0.05, 0.1) is 6.61 Å². The molecule has 0 N–H and O–H groups in total. The highest BCUT2D eigenvalue weighted by Crippen LogP contribution is 2.29. The minimum absolute atomic E-state index is 0.137. The van der Waals surface area contributed by atoms with Crippen LogP contribution in [0.25, 0.3) is 0 Å². The molecule has 0 bridgehead atoms. The second kappa shape index (κ2) is 6.87. The molecule has 1 aliphatic heterocycles. The van der Waals surface area contributed by atoms with Crippen molar-refractivity contribution >= 4 is 6.09 Å². The van der Waals surface area contributed by atoms with Crippen molar-refractivity contribution in [1.29, 1.82) is 0 Å². The molecule has 1 unspecified atom stereocenters. The van der Waals surface area contributed by atoms with Gasteiger partial charge < -0.3 is 9.64 Å². The van der Waals surface area contributed by atoms with Gasteiger partial charge in [0.1, 0.15) is 0 Å². The van der Waals surface area contributed by atoms with E-state index in [-0.39, 0.29) is 6.09 Å². The summed E-state index contributed by atoms with van der Waals surface area (Å²) in [6.07, 6.45) is 3.42. The molecular weight excluding hydrogens is 214 g/mol. The zero-order valence-electron chi connectivity index (χ0n) is 11.7. The summed E-state index contributed by atoms with van der Waals surface area (Å²) >= 11 is 0. The number of ether oxygens (including phenoxy) is 1. The average Bonchev–Trinajstić information content (AvgIpc) is 2.28. The Morgan fingerprint density at radius 3 is 2.35 bits per heavy atom. The van der Waals surface area contributed by atoms with Gasteiger partial charge in [-0.25, -0.2) is 4.79 Å². The maximum Gasteiger partial charge on any atom is 0.409 e. The number of hydrogen-bond donors (Lipinski definition) is 0. The monoisotopic (exact) mass is 241 g/mol. The van der Waals surface area contributed by atoms with E-state index in [9.17, 15) is 4.79 Å². The molecule has 0 radical (unpaired) electrons. The van der Waals surface area contributed by atoms with Gasteiger partial charge in [-0.15, -0.1) is 0 Å². The predicted molar refractivity (Wildman–Crippen MR) is 69.9 cm³/mol. The number of likely N-dealkylation sites (tertiary alicyclic amines) is 1. The molecule has 17 heavy (non-hydrogen) atoms. The van der Waals surface area contributed by atoms with Crippen molar-refractivity contribution in [2.24, 2.45) is 17.8 Å². The number of amides is 1. The normalized spacial score (nSPS) is 19.5. The second-order valence-corrected chi connectivity index (χ2v) is 5.63. The SMILES string of the molecule is CCOC(=O)N1CCC(C(C)CC(C)C)CC1. The van der Waals surface area contributed by atoms with Gasteiger partial charge in [0, 0.05) is 13.1 Å². The van der Waals surface area contributed by atoms with E-state index < -0.39 is 0 Å². The lowest BCUT2D eigenvalue weighted by atomic mass is 9.81. The lowest BCUT2D eigenvalue weighted by Crippen LogP contribution is -2.40. The van der Waals surface area contributed by atoms with E-state index in [1.165, 1.54) is 6.42 Å². The minimum atomic E-state index is -0.137. The first-order valence-electron chi connectivity index (χ1n) is 6.96. The van der Waals surface area contributed by atoms with Crippen LogP contribution in [0.15, 0.2) is 0 Å². The fourth-order valence-electron chi connectivity index (χ4n) is 2.80. The molecule has 1 heterocycles. The van der Waals surface area contributed by atoms with E-state index in [0.29, 0.717) is 6.61 Å². The Hall–Kier alpha value is -0.730. The molecule has 0 spiro atoms. The Morgan fingerprint density at radius 2 is 1.88 bits per heavy atom. The molecule has 1 rings (SSSR count). The Balaban J connectivity index is 2.32. The predicted octanol–water partition coefficient (Wildman–Crippen LogP) is 3.54. The van der Waals surface area contributed by atoms with E-state index in [0.717, 1.165) is 43.7 Å². The number of nitrogens with zero attached hydrogens (tertiary/aromatic N) is 1. The molecular formula is C14H27NO2. The van der Waals surface area contributed by atoms with Gasteiger partial charge in [-0.3, -0.25) is 0 Å². The van der Waals surface area contributed by atoms with Crippen LogP contribution in [0, 0.1) is 17.8 Å². The molecule has 3 heteroatoms. The Morgan fingerprint density at radius 1 is 1.29 bits per heavy atom. The van der Waals surface area contributed by atoms with E-state index in [4.69, 9.17) is 4.74 Å². The zero-order chi connectivity index (χ0) is 12.8. The third-order valence-corrected chi connectivity index (χ3v) is 3.71. The van der Waals surface area contributed by atoms with E-state index >= 15 is 0 Å². The van der Waals surface area contributed by atoms with Crippen LogP contribution >= 0.6 is 0 Å². The summed E-state index contributed by atoms with van der Waals surface area (Å²) in [6.45, 7) is 11.0. The molecule has 1 fully saturated rings. The molecule has 0 aromatic heterocycles. The average molecular weight is 241 g/mol. The maximum absolute atomic E-state index is 11.6. The van der Waals surface area contributed by atoms with Crippen LogP contribution in [0.2, 0.25) is 0 Å². The van der Waals surface area contributed by atoms with Crippen molar-refractivity contribution in [3.8, 4) is 0 Å². The quantitative estimate of drug-likeness (QED) is 0.753. The lowest BCUT2D eigenvalue weighted by Gasteiger charge is -2.34. The van der Waals surface area contributed by atoms with Crippen LogP contribution < -0.4 is 0 Å². The largest absolute Gasteiger partial charge is 0.450 e. The van der Waals surface area contributed by atoms with Gasteiger partial charge in [0.15, 0.2) is 0 Å². The molecule has 0 aromatic rings. The first-order chi connectivity index (χ1) is 8.04. The molecule has 0 aromatic carbocycles. The smallest absolute Gasteiger partial charge is 0.409 e. The standard InChI is InChI=1S/C14H27NO2/c1-5-17-14(16)15-8-6-13(7-9-15)12(4)10-11(2)3/h11-13H,5-10H2,1-4H3. The van der Waals surface area contributed by atoms with Crippen LogP contribution in [0.4, 0.5) is 4.79 Å². The van der Waals surface area contributed by atoms with E-state index in [1.54, 1.807) is 0 Å². The van der Waals surface area contributed by atoms with Crippen molar-refractivity contribution in [2.45, 2.75) is 47.0 Å². The van der Waals surface area contributed by atoms with Crippen molar-refractivity contribution < 1.29 is 9.53 Å². The molecule has 0 saturated carbocycles. The number of carbonyl (C=O) groups excluding carboxylic acids is 1. The summed E-state index contributed by atoms with van der Waals surface area (Å²) in [6, 6.07) is 0. The van der Waals surface area contributed by atoms with Crippen LogP contribution in [-0.2, 0) is 4.74 Å². The third kappa shape index (κ3) is 4.57. The number of carbonyl (C=O) groups is 1. The number of hydrogen-bond acceptors (Lipinski definition) is 2. The van der Waals surface area contributed by atoms with Crippen molar-refractivity contribution in [1.82, 2.24) is 4.90 Å². The fourth-order valence-corrected chi connectivity index (χ4v) is 2.80. The first kappa shape index (κ1) is 14.3. The van der Waals surface area contributed by atoms with Crippen LogP contribution in [-0.4, -0.2) is 30.7 Å². The molecule has 100 valence electrons.